The van der Waals surface area contributed by atoms with Gasteiger partial charge in [-0.1, -0.05) is 20.8 Å². The summed E-state index contributed by atoms with van der Waals surface area (Å²) in [5, 5.41) is 20.2. The standard InChI is InChI=1S/C14H24O4/c1-8-5-6-14(17,7-15)12(13(8,3)4)11-10(18-11)9(2)16/h8,10-12,15,17H,5-7H2,1-4H3. The van der Waals surface area contributed by atoms with Gasteiger partial charge in [0, 0.05) is 5.92 Å². The number of hydrogen-bond acceptors (Lipinski definition) is 4. The number of aliphatic hydroxyl groups is 2. The van der Waals surface area contributed by atoms with E-state index in [0.717, 1.165) is 6.42 Å². The molecule has 0 aromatic heterocycles. The number of hydrogen-bond donors (Lipinski definition) is 2. The van der Waals surface area contributed by atoms with Crippen molar-refractivity contribution in [3.8, 4) is 0 Å². The van der Waals surface area contributed by atoms with Crippen molar-refractivity contribution in [2.45, 2.75) is 58.3 Å². The van der Waals surface area contributed by atoms with Crippen molar-refractivity contribution in [1.82, 2.24) is 0 Å². The Hall–Kier alpha value is -0.450. The summed E-state index contributed by atoms with van der Waals surface area (Å²) < 4.78 is 5.48. The fourth-order valence-corrected chi connectivity index (χ4v) is 3.60. The predicted octanol–water partition coefficient (Wildman–Crippen LogP) is 1.14. The van der Waals surface area contributed by atoms with Crippen molar-refractivity contribution >= 4 is 5.78 Å². The van der Waals surface area contributed by atoms with Gasteiger partial charge < -0.3 is 14.9 Å². The van der Waals surface area contributed by atoms with Crippen molar-refractivity contribution in [3.63, 3.8) is 0 Å². The normalized spacial score (nSPS) is 46.8. The van der Waals surface area contributed by atoms with E-state index >= 15 is 0 Å². The van der Waals surface area contributed by atoms with Crippen molar-refractivity contribution in [2.24, 2.45) is 17.3 Å². The largest absolute Gasteiger partial charge is 0.393 e. The van der Waals surface area contributed by atoms with Gasteiger partial charge >= 0.3 is 0 Å². The number of epoxide rings is 1. The first kappa shape index (κ1) is 14.0. The number of rotatable bonds is 3. The second-order valence-corrected chi connectivity index (χ2v) is 6.63. The third-order valence-electron chi connectivity index (χ3n) is 5.19. The number of carbonyl (C=O) groups is 1. The first-order valence-electron chi connectivity index (χ1n) is 6.73. The molecule has 2 aliphatic rings. The molecular formula is C14H24O4. The van der Waals surface area contributed by atoms with Crippen LogP contribution >= 0.6 is 0 Å². The average Bonchev–Trinajstić information content (AvgIpc) is 3.04. The smallest absolute Gasteiger partial charge is 0.161 e. The van der Waals surface area contributed by atoms with Crippen molar-refractivity contribution in [3.05, 3.63) is 0 Å². The molecule has 5 unspecified atom stereocenters. The molecule has 2 N–H and O–H groups in total. The van der Waals surface area contributed by atoms with Crippen LogP contribution in [0.1, 0.15) is 40.5 Å². The van der Waals surface area contributed by atoms with Gasteiger partial charge in [0.1, 0.15) is 6.10 Å². The van der Waals surface area contributed by atoms with Gasteiger partial charge in [-0.25, -0.2) is 0 Å². The molecule has 0 bridgehead atoms. The van der Waals surface area contributed by atoms with Crippen molar-refractivity contribution < 1.29 is 19.7 Å². The van der Waals surface area contributed by atoms with E-state index in [0.29, 0.717) is 12.3 Å². The average molecular weight is 256 g/mol. The van der Waals surface area contributed by atoms with E-state index in [9.17, 15) is 15.0 Å². The Labute approximate surface area is 108 Å². The van der Waals surface area contributed by atoms with E-state index in [1.54, 1.807) is 0 Å². The molecule has 1 aliphatic carbocycles. The van der Waals surface area contributed by atoms with E-state index in [2.05, 4.69) is 20.8 Å². The van der Waals surface area contributed by atoms with Gasteiger partial charge in [0.2, 0.25) is 0 Å². The van der Waals surface area contributed by atoms with Gasteiger partial charge in [0.15, 0.2) is 5.78 Å². The summed E-state index contributed by atoms with van der Waals surface area (Å²) in [4.78, 5) is 11.4. The van der Waals surface area contributed by atoms with Gasteiger partial charge in [-0.2, -0.15) is 0 Å². The molecule has 0 radical (unpaired) electrons. The molecule has 18 heavy (non-hydrogen) atoms. The van der Waals surface area contributed by atoms with E-state index in [1.807, 2.05) is 0 Å². The van der Waals surface area contributed by atoms with Crippen LogP contribution in [0.15, 0.2) is 0 Å². The maximum atomic E-state index is 11.4. The maximum absolute atomic E-state index is 11.4. The lowest BCUT2D eigenvalue weighted by Crippen LogP contribution is -2.57. The molecule has 1 saturated heterocycles. The molecule has 1 heterocycles. The van der Waals surface area contributed by atoms with Crippen LogP contribution in [0.25, 0.3) is 0 Å². The molecule has 4 nitrogen and oxygen atoms in total. The highest BCUT2D eigenvalue weighted by Crippen LogP contribution is 2.55. The fraction of sp³-hybridized carbons (Fsp3) is 0.929. The summed E-state index contributed by atoms with van der Waals surface area (Å²) in [7, 11) is 0. The molecule has 0 aromatic carbocycles. The number of ether oxygens (including phenoxy) is 1. The minimum absolute atomic E-state index is 0.00863. The number of aliphatic hydroxyl groups excluding tert-OH is 1. The monoisotopic (exact) mass is 256 g/mol. The Balaban J connectivity index is 2.28. The first-order chi connectivity index (χ1) is 8.24. The van der Waals surface area contributed by atoms with E-state index in [-0.39, 0.29) is 29.8 Å². The SMILES string of the molecule is CC(=O)C1OC1C1C(O)(CO)CCC(C)C1(C)C. The van der Waals surface area contributed by atoms with Gasteiger partial charge in [0.25, 0.3) is 0 Å². The summed E-state index contributed by atoms with van der Waals surface area (Å²) in [6.07, 6.45) is 0.830. The molecule has 0 spiro atoms. The maximum Gasteiger partial charge on any atom is 0.161 e. The second-order valence-electron chi connectivity index (χ2n) is 6.63. The quantitative estimate of drug-likeness (QED) is 0.743. The Kier molecular flexibility index (Phi) is 3.33. The third kappa shape index (κ3) is 2.00. The molecule has 0 amide bonds. The first-order valence-corrected chi connectivity index (χ1v) is 6.73. The van der Waals surface area contributed by atoms with E-state index in [1.165, 1.54) is 6.92 Å². The van der Waals surface area contributed by atoms with Crippen LogP contribution in [0.5, 0.6) is 0 Å². The lowest BCUT2D eigenvalue weighted by Gasteiger charge is -2.51. The molecule has 1 saturated carbocycles. The fourth-order valence-electron chi connectivity index (χ4n) is 3.60. The molecule has 104 valence electrons. The van der Waals surface area contributed by atoms with E-state index in [4.69, 9.17) is 4.74 Å². The summed E-state index contributed by atoms with van der Waals surface area (Å²) >= 11 is 0. The predicted molar refractivity (Wildman–Crippen MR) is 67.0 cm³/mol. The molecule has 1 aliphatic heterocycles. The van der Waals surface area contributed by atoms with Gasteiger partial charge in [-0.3, -0.25) is 4.79 Å². The minimum Gasteiger partial charge on any atom is -0.393 e. The van der Waals surface area contributed by atoms with Crippen LogP contribution in [0, 0.1) is 17.3 Å². The highest BCUT2D eigenvalue weighted by atomic mass is 16.6. The van der Waals surface area contributed by atoms with Crippen LogP contribution in [0.2, 0.25) is 0 Å². The van der Waals surface area contributed by atoms with Crippen LogP contribution in [0.4, 0.5) is 0 Å². The van der Waals surface area contributed by atoms with E-state index < -0.39 is 11.7 Å². The van der Waals surface area contributed by atoms with Crippen LogP contribution in [-0.4, -0.2) is 40.4 Å². The zero-order chi connectivity index (χ0) is 13.7. The van der Waals surface area contributed by atoms with Crippen LogP contribution in [0.3, 0.4) is 0 Å². The summed E-state index contributed by atoms with van der Waals surface area (Å²) in [6, 6.07) is 0. The number of Topliss-reactive ketones (excluding diaryl/α,β-unsaturated/α-hetero) is 1. The molecule has 5 atom stereocenters. The number of carbonyl (C=O) groups excluding carboxylic acids is 1. The summed E-state index contributed by atoms with van der Waals surface area (Å²) in [6.45, 7) is 7.61. The zero-order valence-corrected chi connectivity index (χ0v) is 11.6. The molecule has 2 rings (SSSR count). The highest BCUT2D eigenvalue weighted by Gasteiger charge is 2.62. The highest BCUT2D eigenvalue weighted by molar-refractivity contribution is 5.83. The molecular weight excluding hydrogens is 232 g/mol. The van der Waals surface area contributed by atoms with Crippen molar-refractivity contribution in [2.75, 3.05) is 6.61 Å². The van der Waals surface area contributed by atoms with Crippen LogP contribution < -0.4 is 0 Å². The minimum atomic E-state index is -1.12. The Morgan fingerprint density at radius 1 is 1.44 bits per heavy atom. The van der Waals surface area contributed by atoms with Gasteiger partial charge in [-0.15, -0.1) is 0 Å². The lowest BCUT2D eigenvalue weighted by atomic mass is 9.55. The Morgan fingerprint density at radius 3 is 2.50 bits per heavy atom. The van der Waals surface area contributed by atoms with Gasteiger partial charge in [-0.05, 0) is 31.1 Å². The molecule has 2 fully saturated rings. The second kappa shape index (κ2) is 4.29. The third-order valence-corrected chi connectivity index (χ3v) is 5.19. The zero-order valence-electron chi connectivity index (χ0n) is 11.6. The topological polar surface area (TPSA) is 70.1 Å². The van der Waals surface area contributed by atoms with Crippen LogP contribution in [-0.2, 0) is 9.53 Å². The van der Waals surface area contributed by atoms with Crippen molar-refractivity contribution in [1.29, 1.82) is 0 Å². The van der Waals surface area contributed by atoms with Gasteiger partial charge in [0.05, 0.1) is 18.3 Å². The molecule has 4 heteroatoms. The Morgan fingerprint density at radius 2 is 2.06 bits per heavy atom. The Bertz CT molecular complexity index is 347. The summed E-state index contributed by atoms with van der Waals surface area (Å²) in [5.41, 5.74) is -1.27. The lowest BCUT2D eigenvalue weighted by molar-refractivity contribution is -0.154. The number of ketones is 1. The molecule has 0 aromatic rings. The summed E-state index contributed by atoms with van der Waals surface area (Å²) in [5.74, 6) is 0.257.